The number of rotatable bonds is 6. The van der Waals surface area contributed by atoms with Gasteiger partial charge in [0.25, 0.3) is 0 Å². The van der Waals surface area contributed by atoms with Crippen LogP contribution in [0.5, 0.6) is 5.75 Å². The topological polar surface area (TPSA) is 75.6 Å². The molecule has 35 heavy (non-hydrogen) atoms. The first-order valence-electron chi connectivity index (χ1n) is 13.2. The van der Waals surface area contributed by atoms with Crippen molar-refractivity contribution in [2.24, 2.45) is 28.6 Å². The Labute approximate surface area is 210 Å². The maximum absolute atomic E-state index is 13.9. The quantitative estimate of drug-likeness (QED) is 0.511. The van der Waals surface area contributed by atoms with Crippen LogP contribution in [0, 0.1) is 28.6 Å². The Balaban J connectivity index is 1.58. The molecule has 3 aliphatic rings. The zero-order valence-corrected chi connectivity index (χ0v) is 21.9. The molecule has 0 unspecified atom stereocenters. The molecule has 190 valence electrons. The van der Waals surface area contributed by atoms with Crippen LogP contribution in [0.1, 0.15) is 71.8 Å². The number of aromatic hydroxyl groups is 1. The lowest BCUT2D eigenvalue weighted by Crippen LogP contribution is -2.58. The predicted molar refractivity (Wildman–Crippen MR) is 138 cm³/mol. The van der Waals surface area contributed by atoms with Crippen molar-refractivity contribution in [3.8, 4) is 5.75 Å². The number of hydrogen-bond donors (Lipinski definition) is 2. The van der Waals surface area contributed by atoms with Gasteiger partial charge in [0.15, 0.2) is 0 Å². The Kier molecular flexibility index (Phi) is 7.17. The normalized spacial score (nSPS) is 30.9. The molecule has 5 nitrogen and oxygen atoms in total. The molecular formula is C30H41NO4. The third kappa shape index (κ3) is 4.79. The Bertz CT molecular complexity index is 1020. The van der Waals surface area contributed by atoms with Crippen LogP contribution in [0.15, 0.2) is 47.6 Å². The van der Waals surface area contributed by atoms with Gasteiger partial charge in [-0.15, -0.1) is 0 Å². The highest BCUT2D eigenvalue weighted by Crippen LogP contribution is 2.62. The van der Waals surface area contributed by atoms with E-state index in [1.807, 2.05) is 0 Å². The van der Waals surface area contributed by atoms with Crippen LogP contribution in [-0.2, 0) is 20.7 Å². The van der Waals surface area contributed by atoms with E-state index < -0.39 is 17.4 Å². The summed E-state index contributed by atoms with van der Waals surface area (Å²) in [6.07, 6.45) is 11.3. The fourth-order valence-corrected chi connectivity index (χ4v) is 7.14. The minimum atomic E-state index is -0.761. The molecule has 3 aliphatic carbocycles. The fraction of sp³-hybridized carbons (Fsp3) is 0.600. The third-order valence-corrected chi connectivity index (χ3v) is 9.27. The molecule has 1 fully saturated rings. The van der Waals surface area contributed by atoms with Gasteiger partial charge < -0.3 is 15.2 Å². The molecule has 1 aromatic carbocycles. The SMILES string of the molecule is COC(=O)[C@H](Cc1ccc(O)cc1)NC(=O)[C@]1(C)CCC[C@@]2(C)[C@H]1CC=C1C=C(C(C)C)CC[C@@H]12. The van der Waals surface area contributed by atoms with Crippen LogP contribution in [0.3, 0.4) is 0 Å². The summed E-state index contributed by atoms with van der Waals surface area (Å²) in [5.74, 6) is 0.979. The first kappa shape index (κ1) is 25.5. The molecule has 0 radical (unpaired) electrons. The van der Waals surface area contributed by atoms with E-state index in [9.17, 15) is 14.7 Å². The van der Waals surface area contributed by atoms with Gasteiger partial charge in [0.2, 0.25) is 5.91 Å². The summed E-state index contributed by atoms with van der Waals surface area (Å²) < 4.78 is 5.04. The number of phenols is 1. The Morgan fingerprint density at radius 2 is 1.89 bits per heavy atom. The van der Waals surface area contributed by atoms with Crippen molar-refractivity contribution in [2.75, 3.05) is 7.11 Å². The van der Waals surface area contributed by atoms with E-state index in [2.05, 4.69) is 45.2 Å². The summed E-state index contributed by atoms with van der Waals surface area (Å²) in [7, 11) is 1.35. The standard InChI is InChI=1S/C30H41NO4/c1-19(2)21-9-13-24-22(18-21)10-14-26-29(24,3)15-6-16-30(26,4)28(34)31-25(27(33)35-5)17-20-7-11-23(32)12-8-20/h7-8,10-12,18-19,24-26,32H,6,9,13-17H2,1-5H3,(H,31,34)/t24-,25-,26+,29+,30+/m0/s1. The maximum atomic E-state index is 13.9. The summed E-state index contributed by atoms with van der Waals surface area (Å²) in [6, 6.07) is 5.96. The molecule has 1 amide bonds. The minimum Gasteiger partial charge on any atom is -0.508 e. The summed E-state index contributed by atoms with van der Waals surface area (Å²) in [5, 5.41) is 12.7. The average molecular weight is 480 g/mol. The van der Waals surface area contributed by atoms with Crippen molar-refractivity contribution in [3.05, 3.63) is 53.1 Å². The summed E-state index contributed by atoms with van der Waals surface area (Å²) >= 11 is 0. The summed E-state index contributed by atoms with van der Waals surface area (Å²) in [4.78, 5) is 26.5. The lowest BCUT2D eigenvalue weighted by atomic mass is 9.46. The van der Waals surface area contributed by atoms with Crippen LogP contribution >= 0.6 is 0 Å². The number of allylic oxidation sites excluding steroid dienone is 4. The Morgan fingerprint density at radius 1 is 1.17 bits per heavy atom. The second kappa shape index (κ2) is 9.83. The molecule has 1 aromatic rings. The smallest absolute Gasteiger partial charge is 0.328 e. The van der Waals surface area contributed by atoms with E-state index in [-0.39, 0.29) is 23.0 Å². The zero-order valence-electron chi connectivity index (χ0n) is 21.9. The van der Waals surface area contributed by atoms with Crippen molar-refractivity contribution >= 4 is 11.9 Å². The van der Waals surface area contributed by atoms with Crippen molar-refractivity contribution in [3.63, 3.8) is 0 Å². The molecule has 0 heterocycles. The number of carbonyl (C=O) groups excluding carboxylic acids is 2. The number of ether oxygens (including phenoxy) is 1. The average Bonchev–Trinajstić information content (AvgIpc) is 2.83. The molecule has 0 aliphatic heterocycles. The van der Waals surface area contributed by atoms with E-state index in [0.717, 1.165) is 44.1 Å². The van der Waals surface area contributed by atoms with Crippen LogP contribution in [0.2, 0.25) is 0 Å². The molecule has 1 saturated carbocycles. The van der Waals surface area contributed by atoms with Crippen LogP contribution in [0.4, 0.5) is 0 Å². The van der Waals surface area contributed by atoms with Crippen LogP contribution in [0.25, 0.3) is 0 Å². The molecule has 0 spiro atoms. The highest BCUT2D eigenvalue weighted by Gasteiger charge is 2.57. The van der Waals surface area contributed by atoms with Crippen molar-refractivity contribution in [1.82, 2.24) is 5.32 Å². The van der Waals surface area contributed by atoms with Gasteiger partial charge in [-0.2, -0.15) is 0 Å². The highest BCUT2D eigenvalue weighted by atomic mass is 16.5. The summed E-state index contributed by atoms with van der Waals surface area (Å²) in [6.45, 7) is 9.06. The molecule has 2 N–H and O–H groups in total. The molecule has 0 saturated heterocycles. The first-order chi connectivity index (χ1) is 16.6. The lowest BCUT2D eigenvalue weighted by molar-refractivity contribution is -0.151. The lowest BCUT2D eigenvalue weighted by Gasteiger charge is -2.57. The van der Waals surface area contributed by atoms with Gasteiger partial charge in [0.1, 0.15) is 11.8 Å². The number of carbonyl (C=O) groups is 2. The Morgan fingerprint density at radius 3 is 2.54 bits per heavy atom. The fourth-order valence-electron chi connectivity index (χ4n) is 7.14. The molecule has 0 bridgehead atoms. The number of phenolic OH excluding ortho intramolecular Hbond substituents is 1. The van der Waals surface area contributed by atoms with Gasteiger partial charge in [-0.1, -0.05) is 64.0 Å². The van der Waals surface area contributed by atoms with Gasteiger partial charge in [-0.3, -0.25) is 4.79 Å². The van der Waals surface area contributed by atoms with E-state index in [4.69, 9.17) is 4.74 Å². The van der Waals surface area contributed by atoms with Crippen molar-refractivity contribution in [1.29, 1.82) is 0 Å². The van der Waals surface area contributed by atoms with E-state index in [1.165, 1.54) is 12.7 Å². The van der Waals surface area contributed by atoms with Crippen LogP contribution in [-0.4, -0.2) is 30.1 Å². The number of hydrogen-bond acceptors (Lipinski definition) is 4. The van der Waals surface area contributed by atoms with E-state index >= 15 is 0 Å². The number of nitrogens with one attached hydrogen (secondary N) is 1. The number of benzene rings is 1. The second-order valence-corrected chi connectivity index (χ2v) is 11.7. The molecule has 4 rings (SSSR count). The van der Waals surface area contributed by atoms with E-state index in [0.29, 0.717) is 18.3 Å². The van der Waals surface area contributed by atoms with Gasteiger partial charge in [0.05, 0.1) is 12.5 Å². The minimum absolute atomic E-state index is 0.0475. The largest absolute Gasteiger partial charge is 0.508 e. The van der Waals surface area contributed by atoms with E-state index in [1.54, 1.807) is 29.8 Å². The molecule has 5 heteroatoms. The van der Waals surface area contributed by atoms with Crippen molar-refractivity contribution in [2.45, 2.75) is 78.7 Å². The maximum Gasteiger partial charge on any atom is 0.328 e. The monoisotopic (exact) mass is 479 g/mol. The van der Waals surface area contributed by atoms with Gasteiger partial charge in [-0.25, -0.2) is 4.79 Å². The zero-order chi connectivity index (χ0) is 25.4. The predicted octanol–water partition coefficient (Wildman–Crippen LogP) is 5.73. The van der Waals surface area contributed by atoms with Gasteiger partial charge in [-0.05, 0) is 78.5 Å². The van der Waals surface area contributed by atoms with Gasteiger partial charge in [0, 0.05) is 6.42 Å². The Hall–Kier alpha value is -2.56. The number of methoxy groups -OCH3 is 1. The molecule has 5 atom stereocenters. The highest BCUT2D eigenvalue weighted by molar-refractivity contribution is 5.88. The number of esters is 1. The number of amides is 1. The molecule has 0 aromatic heterocycles. The molecular weight excluding hydrogens is 438 g/mol. The third-order valence-electron chi connectivity index (χ3n) is 9.27. The van der Waals surface area contributed by atoms with Gasteiger partial charge >= 0.3 is 5.97 Å². The summed E-state index contributed by atoms with van der Waals surface area (Å²) in [5.41, 5.74) is 3.41. The van der Waals surface area contributed by atoms with Crippen molar-refractivity contribution < 1.29 is 19.4 Å². The van der Waals surface area contributed by atoms with Crippen LogP contribution < -0.4 is 5.32 Å². The second-order valence-electron chi connectivity index (χ2n) is 11.7. The first-order valence-corrected chi connectivity index (χ1v) is 13.2. The number of fused-ring (bicyclic) bond motifs is 3.